The minimum atomic E-state index is 0.296. The highest BCUT2D eigenvalue weighted by Gasteiger charge is 2.15. The molecule has 0 bridgehead atoms. The third-order valence-corrected chi connectivity index (χ3v) is 4.15. The van der Waals surface area contributed by atoms with Gasteiger partial charge in [-0.1, -0.05) is 30.7 Å². The second-order valence-corrected chi connectivity index (χ2v) is 5.52. The average molecular weight is 335 g/mol. The molecule has 0 heterocycles. The van der Waals surface area contributed by atoms with Crippen LogP contribution in [-0.4, -0.2) is 20.3 Å². The number of halogens is 2. The lowest BCUT2D eigenvalue weighted by molar-refractivity contribution is 0.188. The Morgan fingerprint density at radius 2 is 2.22 bits per heavy atom. The summed E-state index contributed by atoms with van der Waals surface area (Å²) < 4.78 is 6.07. The van der Waals surface area contributed by atoms with Crippen molar-refractivity contribution in [3.63, 3.8) is 0 Å². The molecule has 0 aromatic heterocycles. The maximum Gasteiger partial charge on any atom is 0.0595 e. The highest BCUT2D eigenvalue weighted by Crippen LogP contribution is 2.32. The van der Waals surface area contributed by atoms with E-state index in [2.05, 4.69) is 34.2 Å². The Morgan fingerprint density at radius 3 is 2.89 bits per heavy atom. The predicted octanol–water partition coefficient (Wildman–Crippen LogP) is 4.57. The number of benzene rings is 1. The van der Waals surface area contributed by atoms with Crippen LogP contribution < -0.4 is 5.32 Å². The van der Waals surface area contributed by atoms with Crippen LogP contribution in [0.4, 0.5) is 0 Å². The Balaban J connectivity index is 2.76. The van der Waals surface area contributed by atoms with E-state index in [0.717, 1.165) is 47.5 Å². The Labute approximate surface area is 123 Å². The Morgan fingerprint density at radius 1 is 1.44 bits per heavy atom. The molecule has 0 fully saturated rings. The lowest BCUT2D eigenvalue weighted by atomic mass is 10.0. The molecule has 0 amide bonds. The third-order valence-electron chi connectivity index (χ3n) is 2.84. The van der Waals surface area contributed by atoms with E-state index in [1.807, 2.05) is 12.1 Å². The lowest BCUT2D eigenvalue weighted by Crippen LogP contribution is -2.23. The summed E-state index contributed by atoms with van der Waals surface area (Å²) in [5, 5.41) is 4.36. The molecule has 0 aliphatic rings. The number of hydrogen-bond acceptors (Lipinski definition) is 2. The van der Waals surface area contributed by atoms with E-state index in [-0.39, 0.29) is 0 Å². The SMILES string of the molecule is CCCNC(CCCOC)c1cccc(Br)c1Cl. The first-order valence-corrected chi connectivity index (χ1v) is 7.54. The van der Waals surface area contributed by atoms with Crippen LogP contribution in [0.3, 0.4) is 0 Å². The van der Waals surface area contributed by atoms with Gasteiger partial charge in [-0.25, -0.2) is 0 Å². The summed E-state index contributed by atoms with van der Waals surface area (Å²) in [5.41, 5.74) is 1.16. The molecule has 0 saturated heterocycles. The maximum absolute atomic E-state index is 6.36. The van der Waals surface area contributed by atoms with Gasteiger partial charge in [-0.3, -0.25) is 0 Å². The summed E-state index contributed by atoms with van der Waals surface area (Å²) >= 11 is 9.84. The van der Waals surface area contributed by atoms with Crippen molar-refractivity contribution in [2.75, 3.05) is 20.3 Å². The lowest BCUT2D eigenvalue weighted by Gasteiger charge is -2.20. The monoisotopic (exact) mass is 333 g/mol. The zero-order valence-corrected chi connectivity index (χ0v) is 13.4. The van der Waals surface area contributed by atoms with E-state index in [4.69, 9.17) is 16.3 Å². The van der Waals surface area contributed by atoms with E-state index in [1.165, 1.54) is 0 Å². The van der Waals surface area contributed by atoms with Gasteiger partial charge in [0.05, 0.1) is 5.02 Å². The first-order chi connectivity index (χ1) is 8.70. The van der Waals surface area contributed by atoms with Crippen molar-refractivity contribution in [3.05, 3.63) is 33.3 Å². The van der Waals surface area contributed by atoms with E-state index < -0.39 is 0 Å². The number of rotatable bonds is 8. The Hall–Kier alpha value is -0.0900. The molecule has 1 atom stereocenters. The number of ether oxygens (including phenoxy) is 1. The topological polar surface area (TPSA) is 21.3 Å². The minimum Gasteiger partial charge on any atom is -0.385 e. The fourth-order valence-corrected chi connectivity index (χ4v) is 2.55. The van der Waals surface area contributed by atoms with Gasteiger partial charge in [-0.05, 0) is 53.4 Å². The molecule has 1 aromatic rings. The quantitative estimate of drug-likeness (QED) is 0.703. The van der Waals surface area contributed by atoms with Crippen molar-refractivity contribution in [1.82, 2.24) is 5.32 Å². The van der Waals surface area contributed by atoms with Gasteiger partial charge in [0.15, 0.2) is 0 Å². The Kier molecular flexibility index (Phi) is 7.91. The van der Waals surface area contributed by atoms with E-state index in [1.54, 1.807) is 7.11 Å². The first kappa shape index (κ1) is 16.0. The van der Waals surface area contributed by atoms with Gasteiger partial charge < -0.3 is 10.1 Å². The summed E-state index contributed by atoms with van der Waals surface area (Å²) in [7, 11) is 1.74. The van der Waals surface area contributed by atoms with Crippen LogP contribution in [0.5, 0.6) is 0 Å². The van der Waals surface area contributed by atoms with E-state index >= 15 is 0 Å². The third kappa shape index (κ3) is 4.88. The van der Waals surface area contributed by atoms with Crippen LogP contribution >= 0.6 is 27.5 Å². The average Bonchev–Trinajstić information content (AvgIpc) is 2.37. The second kappa shape index (κ2) is 8.92. The van der Waals surface area contributed by atoms with Crippen molar-refractivity contribution in [3.8, 4) is 0 Å². The predicted molar refractivity (Wildman–Crippen MR) is 81.3 cm³/mol. The highest BCUT2D eigenvalue weighted by molar-refractivity contribution is 9.10. The molecule has 0 saturated carbocycles. The van der Waals surface area contributed by atoms with Gasteiger partial charge in [-0.15, -0.1) is 0 Å². The summed E-state index contributed by atoms with van der Waals surface area (Å²) in [6.45, 7) is 3.96. The summed E-state index contributed by atoms with van der Waals surface area (Å²) in [6, 6.07) is 6.39. The zero-order chi connectivity index (χ0) is 13.4. The maximum atomic E-state index is 6.36. The molecule has 4 heteroatoms. The molecule has 1 unspecified atom stereocenters. The molecular weight excluding hydrogens is 314 g/mol. The summed E-state index contributed by atoms with van der Waals surface area (Å²) in [4.78, 5) is 0. The molecule has 1 aromatic carbocycles. The minimum absolute atomic E-state index is 0.296. The van der Waals surface area contributed by atoms with Gasteiger partial charge in [0.2, 0.25) is 0 Å². The molecule has 0 aliphatic carbocycles. The van der Waals surface area contributed by atoms with Crippen molar-refractivity contribution in [1.29, 1.82) is 0 Å². The van der Waals surface area contributed by atoms with Crippen molar-refractivity contribution in [2.24, 2.45) is 0 Å². The van der Waals surface area contributed by atoms with Gasteiger partial charge >= 0.3 is 0 Å². The van der Waals surface area contributed by atoms with Crippen molar-refractivity contribution >= 4 is 27.5 Å². The summed E-state index contributed by atoms with van der Waals surface area (Å²) in [5.74, 6) is 0. The van der Waals surface area contributed by atoms with Crippen LogP contribution in [0.2, 0.25) is 5.02 Å². The molecule has 2 nitrogen and oxygen atoms in total. The number of hydrogen-bond donors (Lipinski definition) is 1. The van der Waals surface area contributed by atoms with Gasteiger partial charge in [0.1, 0.15) is 0 Å². The fraction of sp³-hybridized carbons (Fsp3) is 0.571. The smallest absolute Gasteiger partial charge is 0.0595 e. The number of methoxy groups -OCH3 is 1. The van der Waals surface area contributed by atoms with Gasteiger partial charge in [0.25, 0.3) is 0 Å². The van der Waals surface area contributed by atoms with E-state index in [9.17, 15) is 0 Å². The van der Waals surface area contributed by atoms with Crippen molar-refractivity contribution in [2.45, 2.75) is 32.2 Å². The van der Waals surface area contributed by atoms with Crippen LogP contribution in [0.25, 0.3) is 0 Å². The van der Waals surface area contributed by atoms with Crippen LogP contribution in [-0.2, 0) is 4.74 Å². The Bertz CT molecular complexity index is 360. The number of nitrogens with one attached hydrogen (secondary N) is 1. The van der Waals surface area contributed by atoms with Gasteiger partial charge in [0, 0.05) is 24.2 Å². The van der Waals surface area contributed by atoms with Crippen molar-refractivity contribution < 1.29 is 4.74 Å². The van der Waals surface area contributed by atoms with Crippen LogP contribution in [0.15, 0.2) is 22.7 Å². The van der Waals surface area contributed by atoms with E-state index in [0.29, 0.717) is 6.04 Å². The molecular formula is C14H21BrClNO. The normalized spacial score (nSPS) is 12.7. The van der Waals surface area contributed by atoms with Gasteiger partial charge in [-0.2, -0.15) is 0 Å². The standard InChI is InChI=1S/C14H21BrClNO/c1-3-9-17-13(8-5-10-18-2)11-6-4-7-12(15)14(11)16/h4,6-7,13,17H,3,5,8-10H2,1-2H3. The molecule has 102 valence electrons. The molecule has 0 spiro atoms. The molecule has 0 aliphatic heterocycles. The van der Waals surface area contributed by atoms with Crippen LogP contribution in [0, 0.1) is 0 Å². The zero-order valence-electron chi connectivity index (χ0n) is 11.0. The summed E-state index contributed by atoms with van der Waals surface area (Å²) in [6.07, 6.45) is 3.18. The molecule has 0 radical (unpaired) electrons. The highest BCUT2D eigenvalue weighted by atomic mass is 79.9. The molecule has 1 N–H and O–H groups in total. The molecule has 18 heavy (non-hydrogen) atoms. The fourth-order valence-electron chi connectivity index (χ4n) is 1.91. The van der Waals surface area contributed by atoms with Crippen LogP contribution in [0.1, 0.15) is 37.8 Å². The first-order valence-electron chi connectivity index (χ1n) is 6.37. The second-order valence-electron chi connectivity index (χ2n) is 4.28. The largest absolute Gasteiger partial charge is 0.385 e. The molecule has 1 rings (SSSR count).